The van der Waals surface area contributed by atoms with Crippen molar-refractivity contribution >= 4 is 5.82 Å². The number of piperidine rings is 1. The number of halogens is 3. The number of hydrogen-bond donors (Lipinski definition) is 1. The summed E-state index contributed by atoms with van der Waals surface area (Å²) in [5, 5.41) is 4.62. The Kier molecular flexibility index (Phi) is 5.29. The number of aromatic nitrogens is 3. The lowest BCUT2D eigenvalue weighted by atomic mass is 9.92. The fourth-order valence-corrected chi connectivity index (χ4v) is 4.11. The van der Waals surface area contributed by atoms with Gasteiger partial charge >= 0.3 is 6.18 Å². The molecule has 2 aliphatic heterocycles. The third kappa shape index (κ3) is 3.98. The molecule has 4 rings (SSSR count). The van der Waals surface area contributed by atoms with Gasteiger partial charge in [-0.05, 0) is 38.8 Å². The van der Waals surface area contributed by atoms with Gasteiger partial charge in [0.25, 0.3) is 0 Å². The van der Waals surface area contributed by atoms with Crippen LogP contribution in [-0.4, -0.2) is 45.6 Å². The highest BCUT2D eigenvalue weighted by atomic mass is 19.4. The zero-order chi connectivity index (χ0) is 20.8. The lowest BCUT2D eigenvalue weighted by Crippen LogP contribution is -2.48. The average molecular weight is 409 g/mol. The van der Waals surface area contributed by atoms with Gasteiger partial charge in [-0.3, -0.25) is 9.58 Å². The Morgan fingerprint density at radius 1 is 1.17 bits per heavy atom. The summed E-state index contributed by atoms with van der Waals surface area (Å²) < 4.78 is 47.2. The number of nitrogen functional groups attached to an aromatic ring is 1. The molecule has 4 heterocycles. The maximum absolute atomic E-state index is 13.2. The Bertz CT molecular complexity index is 867. The van der Waals surface area contributed by atoms with Crippen molar-refractivity contribution < 1.29 is 17.9 Å². The van der Waals surface area contributed by atoms with E-state index in [1.54, 1.807) is 0 Å². The fraction of sp³-hybridized carbons (Fsp3) is 0.600. The summed E-state index contributed by atoms with van der Waals surface area (Å²) in [6.07, 6.45) is 0.106. The van der Waals surface area contributed by atoms with Crippen LogP contribution in [0.15, 0.2) is 18.3 Å². The first kappa shape index (κ1) is 20.2. The Morgan fingerprint density at radius 2 is 1.86 bits per heavy atom. The van der Waals surface area contributed by atoms with E-state index in [4.69, 9.17) is 10.5 Å². The van der Waals surface area contributed by atoms with Crippen LogP contribution in [0.2, 0.25) is 0 Å². The van der Waals surface area contributed by atoms with Crippen molar-refractivity contribution in [1.82, 2.24) is 19.7 Å². The summed E-state index contributed by atoms with van der Waals surface area (Å²) in [6.45, 7) is 6.80. The van der Waals surface area contributed by atoms with E-state index in [9.17, 15) is 13.2 Å². The number of nitrogens with two attached hydrogens (primary N) is 1. The number of alkyl halides is 3. The maximum atomic E-state index is 13.2. The number of ether oxygens (including phenoxy) is 1. The van der Waals surface area contributed by atoms with Gasteiger partial charge in [-0.25, -0.2) is 4.98 Å². The largest absolute Gasteiger partial charge is 0.419 e. The van der Waals surface area contributed by atoms with E-state index in [0.717, 1.165) is 50.7 Å². The minimum atomic E-state index is -4.55. The van der Waals surface area contributed by atoms with Crippen molar-refractivity contribution in [2.75, 3.05) is 25.4 Å². The molecule has 0 spiro atoms. The molecule has 2 N–H and O–H groups in total. The molecule has 2 aliphatic rings. The van der Waals surface area contributed by atoms with E-state index in [-0.39, 0.29) is 12.3 Å². The number of pyridine rings is 1. The van der Waals surface area contributed by atoms with Crippen LogP contribution in [0.1, 0.15) is 56.3 Å². The Hall–Kier alpha value is -2.13. The second-order valence-electron chi connectivity index (χ2n) is 8.07. The molecule has 0 aliphatic carbocycles. The monoisotopic (exact) mass is 409 g/mol. The van der Waals surface area contributed by atoms with Crippen molar-refractivity contribution in [3.8, 4) is 11.3 Å². The highest BCUT2D eigenvalue weighted by Gasteiger charge is 2.35. The average Bonchev–Trinajstić information content (AvgIpc) is 3.06. The van der Waals surface area contributed by atoms with Gasteiger partial charge < -0.3 is 10.5 Å². The van der Waals surface area contributed by atoms with Crippen molar-refractivity contribution in [3.05, 3.63) is 29.6 Å². The van der Waals surface area contributed by atoms with Crippen LogP contribution in [0, 0.1) is 0 Å². The second kappa shape index (κ2) is 7.60. The highest BCUT2D eigenvalue weighted by Crippen LogP contribution is 2.37. The van der Waals surface area contributed by atoms with E-state index in [1.807, 2.05) is 24.6 Å². The van der Waals surface area contributed by atoms with E-state index < -0.39 is 17.6 Å². The van der Waals surface area contributed by atoms with Crippen molar-refractivity contribution in [2.45, 2.75) is 57.5 Å². The summed E-state index contributed by atoms with van der Waals surface area (Å²) in [5.41, 5.74) is 6.40. The predicted molar refractivity (Wildman–Crippen MR) is 103 cm³/mol. The van der Waals surface area contributed by atoms with Crippen LogP contribution in [0.5, 0.6) is 0 Å². The lowest BCUT2D eigenvalue weighted by Gasteiger charge is -2.41. The highest BCUT2D eigenvalue weighted by molar-refractivity contribution is 5.62. The minimum Gasteiger partial charge on any atom is -0.383 e. The molecule has 2 saturated heterocycles. The summed E-state index contributed by atoms with van der Waals surface area (Å²) in [6, 6.07) is 3.05. The Morgan fingerprint density at radius 3 is 2.41 bits per heavy atom. The van der Waals surface area contributed by atoms with Crippen molar-refractivity contribution in [3.63, 3.8) is 0 Å². The topological polar surface area (TPSA) is 69.2 Å². The third-order valence-corrected chi connectivity index (χ3v) is 5.80. The first-order valence-electron chi connectivity index (χ1n) is 10.0. The molecule has 1 atom stereocenters. The molecule has 9 heteroatoms. The third-order valence-electron chi connectivity index (χ3n) is 5.80. The van der Waals surface area contributed by atoms with Gasteiger partial charge in [-0.2, -0.15) is 18.3 Å². The van der Waals surface area contributed by atoms with Crippen LogP contribution >= 0.6 is 0 Å². The van der Waals surface area contributed by atoms with Crippen molar-refractivity contribution in [2.24, 2.45) is 0 Å². The van der Waals surface area contributed by atoms with Gasteiger partial charge in [0, 0.05) is 48.9 Å². The van der Waals surface area contributed by atoms with E-state index in [0.29, 0.717) is 17.2 Å². The molecule has 0 aromatic carbocycles. The summed E-state index contributed by atoms with van der Waals surface area (Å²) >= 11 is 0. The zero-order valence-electron chi connectivity index (χ0n) is 16.6. The summed E-state index contributed by atoms with van der Waals surface area (Å²) in [7, 11) is 0. The van der Waals surface area contributed by atoms with Gasteiger partial charge in [-0.15, -0.1) is 0 Å². The zero-order valence-corrected chi connectivity index (χ0v) is 16.6. The molecule has 158 valence electrons. The van der Waals surface area contributed by atoms with Gasteiger partial charge in [0.2, 0.25) is 0 Å². The quantitative estimate of drug-likeness (QED) is 0.825. The Balaban J connectivity index is 1.61. The SMILES string of the molecule is CC(C)n1nc(-c2cnc(N)c(C(F)(F)F)c2)cc1C1CCN(C2CCO2)CC1. The number of rotatable bonds is 4. The van der Waals surface area contributed by atoms with Gasteiger partial charge in [-0.1, -0.05) is 0 Å². The van der Waals surface area contributed by atoms with Gasteiger partial charge in [0.1, 0.15) is 12.0 Å². The molecule has 29 heavy (non-hydrogen) atoms. The second-order valence-corrected chi connectivity index (χ2v) is 8.07. The van der Waals surface area contributed by atoms with E-state index in [1.165, 1.54) is 6.20 Å². The van der Waals surface area contributed by atoms with E-state index >= 15 is 0 Å². The van der Waals surface area contributed by atoms with Gasteiger partial charge in [0.05, 0.1) is 17.9 Å². The maximum Gasteiger partial charge on any atom is 0.419 e. The van der Waals surface area contributed by atoms with Gasteiger partial charge in [0.15, 0.2) is 0 Å². The van der Waals surface area contributed by atoms with Crippen molar-refractivity contribution in [1.29, 1.82) is 0 Å². The standard InChI is InChI=1S/C20H26F3N5O/c1-12(2)28-17(13-3-6-27(7-4-13)18-5-8-29-18)10-16(26-28)14-9-15(20(21,22)23)19(24)25-11-14/h9-13,18H,3-8H2,1-2H3,(H2,24,25). The fourth-order valence-electron chi connectivity index (χ4n) is 4.11. The van der Waals surface area contributed by atoms with Crippen LogP contribution < -0.4 is 5.73 Å². The smallest absolute Gasteiger partial charge is 0.383 e. The number of hydrogen-bond acceptors (Lipinski definition) is 5. The number of likely N-dealkylation sites (tertiary alicyclic amines) is 1. The molecule has 1 unspecified atom stereocenters. The molecular formula is C20H26F3N5O. The number of nitrogens with zero attached hydrogens (tertiary/aromatic N) is 4. The molecule has 6 nitrogen and oxygen atoms in total. The molecule has 0 amide bonds. The first-order valence-corrected chi connectivity index (χ1v) is 10.0. The van der Waals surface area contributed by atoms with Crippen LogP contribution in [-0.2, 0) is 10.9 Å². The van der Waals surface area contributed by atoms with Crippen LogP contribution in [0.25, 0.3) is 11.3 Å². The predicted octanol–water partition coefficient (Wildman–Crippen LogP) is 4.05. The first-order chi connectivity index (χ1) is 13.7. The number of anilines is 1. The lowest BCUT2D eigenvalue weighted by molar-refractivity contribution is -0.150. The summed E-state index contributed by atoms with van der Waals surface area (Å²) in [4.78, 5) is 6.12. The molecule has 2 aromatic heterocycles. The Labute approximate surface area is 167 Å². The normalized spacial score (nSPS) is 21.5. The van der Waals surface area contributed by atoms with E-state index in [2.05, 4.69) is 15.0 Å². The summed E-state index contributed by atoms with van der Waals surface area (Å²) in [5.74, 6) is -0.200. The van der Waals surface area contributed by atoms with Crippen LogP contribution in [0.3, 0.4) is 0 Å². The molecular weight excluding hydrogens is 383 g/mol. The molecule has 0 radical (unpaired) electrons. The van der Waals surface area contributed by atoms with Crippen LogP contribution in [0.4, 0.5) is 19.0 Å². The molecule has 0 saturated carbocycles. The molecule has 0 bridgehead atoms. The minimum absolute atomic E-state index is 0.107. The molecule has 2 aromatic rings. The molecule has 2 fully saturated rings.